The summed E-state index contributed by atoms with van der Waals surface area (Å²) < 4.78 is 0. The molecular weight excluding hydrogens is 230 g/mol. The highest BCUT2D eigenvalue weighted by Gasteiger charge is 2.53. The largest absolute Gasteiger partial charge is 0.313 e. The van der Waals surface area contributed by atoms with E-state index in [4.69, 9.17) is 11.6 Å². The van der Waals surface area contributed by atoms with Gasteiger partial charge >= 0.3 is 0 Å². The van der Waals surface area contributed by atoms with E-state index in [0.29, 0.717) is 23.3 Å². The van der Waals surface area contributed by atoms with Crippen LogP contribution in [0.2, 0.25) is 5.02 Å². The third-order valence-corrected chi connectivity index (χ3v) is 4.52. The van der Waals surface area contributed by atoms with E-state index < -0.39 is 0 Å². The van der Waals surface area contributed by atoms with Crippen LogP contribution in [0.3, 0.4) is 0 Å². The lowest BCUT2D eigenvalue weighted by atomic mass is 9.50. The molecule has 1 N–H and O–H groups in total. The molecule has 1 fully saturated rings. The second kappa shape index (κ2) is 4.62. The smallest absolute Gasteiger partial charge is 0.0408 e. The summed E-state index contributed by atoms with van der Waals surface area (Å²) >= 11 is 6.09. The van der Waals surface area contributed by atoms with Crippen molar-refractivity contribution in [3.05, 3.63) is 34.9 Å². The lowest BCUT2D eigenvalue weighted by Crippen LogP contribution is -2.61. The van der Waals surface area contributed by atoms with Gasteiger partial charge in [0.25, 0.3) is 0 Å². The van der Waals surface area contributed by atoms with E-state index in [0.717, 1.165) is 11.6 Å². The third-order valence-electron chi connectivity index (χ3n) is 4.29. The highest BCUT2D eigenvalue weighted by molar-refractivity contribution is 6.30. The Bertz CT molecular complexity index is 400. The van der Waals surface area contributed by atoms with E-state index in [1.165, 1.54) is 5.56 Å². The number of hydrogen-bond acceptors (Lipinski definition) is 1. The molecule has 3 unspecified atom stereocenters. The second-order valence-corrected chi connectivity index (χ2v) is 6.18. The highest BCUT2D eigenvalue weighted by Crippen LogP contribution is 2.56. The Morgan fingerprint density at radius 3 is 2.59 bits per heavy atom. The van der Waals surface area contributed by atoms with Gasteiger partial charge in [-0.3, -0.25) is 0 Å². The molecule has 0 radical (unpaired) electrons. The van der Waals surface area contributed by atoms with Crippen molar-refractivity contribution in [1.82, 2.24) is 5.32 Å². The maximum atomic E-state index is 6.09. The number of rotatable bonds is 3. The van der Waals surface area contributed by atoms with Crippen LogP contribution >= 0.6 is 11.6 Å². The Morgan fingerprint density at radius 2 is 2.06 bits per heavy atom. The van der Waals surface area contributed by atoms with Crippen LogP contribution in [0.25, 0.3) is 0 Å². The van der Waals surface area contributed by atoms with Crippen LogP contribution in [0.1, 0.15) is 39.2 Å². The van der Waals surface area contributed by atoms with Gasteiger partial charge in [-0.25, -0.2) is 0 Å². The maximum Gasteiger partial charge on any atom is 0.0408 e. The van der Waals surface area contributed by atoms with Gasteiger partial charge in [0.15, 0.2) is 0 Å². The third kappa shape index (κ3) is 2.11. The molecule has 0 aliphatic heterocycles. The van der Waals surface area contributed by atoms with E-state index in [1.54, 1.807) is 0 Å². The summed E-state index contributed by atoms with van der Waals surface area (Å²) in [5.41, 5.74) is 1.68. The van der Waals surface area contributed by atoms with Crippen LogP contribution in [0.4, 0.5) is 0 Å². The molecule has 2 heteroatoms. The summed E-state index contributed by atoms with van der Waals surface area (Å²) in [5, 5.41) is 4.45. The zero-order valence-corrected chi connectivity index (χ0v) is 11.9. The van der Waals surface area contributed by atoms with Crippen molar-refractivity contribution in [1.29, 1.82) is 0 Å². The summed E-state index contributed by atoms with van der Waals surface area (Å²) in [6.45, 7) is 10.3. The van der Waals surface area contributed by atoms with Gasteiger partial charge in [0.05, 0.1) is 0 Å². The van der Waals surface area contributed by atoms with E-state index in [2.05, 4.69) is 51.2 Å². The average Bonchev–Trinajstić information content (AvgIpc) is 2.25. The first kappa shape index (κ1) is 12.9. The predicted octanol–water partition coefficient (Wildman–Crippen LogP) is 4.08. The molecule has 0 bridgehead atoms. The molecule has 3 atom stereocenters. The van der Waals surface area contributed by atoms with E-state index in [1.807, 2.05) is 6.07 Å². The maximum absolute atomic E-state index is 6.09. The molecule has 17 heavy (non-hydrogen) atoms. The molecular formula is C15H22ClN. The molecule has 1 aliphatic rings. The number of benzene rings is 1. The van der Waals surface area contributed by atoms with Gasteiger partial charge < -0.3 is 5.32 Å². The standard InChI is InChI=1S/C15H22ClN/c1-5-17-14-10(2)13(15(14,3)4)11-7-6-8-12(16)9-11/h6-10,13-14,17H,5H2,1-4H3. The van der Waals surface area contributed by atoms with E-state index in [-0.39, 0.29) is 0 Å². The van der Waals surface area contributed by atoms with Gasteiger partial charge in [-0.05, 0) is 41.5 Å². The minimum Gasteiger partial charge on any atom is -0.313 e. The fourth-order valence-electron chi connectivity index (χ4n) is 3.72. The number of halogens is 1. The molecule has 1 aliphatic carbocycles. The minimum atomic E-state index is 0.306. The van der Waals surface area contributed by atoms with E-state index >= 15 is 0 Å². The topological polar surface area (TPSA) is 12.0 Å². The molecule has 0 aromatic heterocycles. The van der Waals surface area contributed by atoms with Crippen molar-refractivity contribution < 1.29 is 0 Å². The van der Waals surface area contributed by atoms with Crippen molar-refractivity contribution in [3.8, 4) is 0 Å². The number of hydrogen-bond donors (Lipinski definition) is 1. The van der Waals surface area contributed by atoms with Gasteiger partial charge in [0, 0.05) is 11.1 Å². The first-order valence-electron chi connectivity index (χ1n) is 6.47. The summed E-state index contributed by atoms with van der Waals surface area (Å²) in [6.07, 6.45) is 0. The number of nitrogens with one attached hydrogen (secondary N) is 1. The lowest BCUT2D eigenvalue weighted by Gasteiger charge is -2.58. The van der Waals surface area contributed by atoms with Gasteiger partial charge in [-0.2, -0.15) is 0 Å². The summed E-state index contributed by atoms with van der Waals surface area (Å²) in [7, 11) is 0. The average molecular weight is 252 g/mol. The zero-order chi connectivity index (χ0) is 12.6. The summed E-state index contributed by atoms with van der Waals surface area (Å²) in [4.78, 5) is 0. The van der Waals surface area contributed by atoms with Crippen LogP contribution in [-0.4, -0.2) is 12.6 Å². The van der Waals surface area contributed by atoms with Gasteiger partial charge in [-0.1, -0.05) is 51.4 Å². The van der Waals surface area contributed by atoms with Gasteiger partial charge in [0.2, 0.25) is 0 Å². The molecule has 0 saturated heterocycles. The van der Waals surface area contributed by atoms with Crippen molar-refractivity contribution in [2.75, 3.05) is 6.54 Å². The molecule has 1 aromatic rings. The Morgan fingerprint density at radius 1 is 1.35 bits per heavy atom. The highest BCUT2D eigenvalue weighted by atomic mass is 35.5. The minimum absolute atomic E-state index is 0.306. The molecule has 1 aromatic carbocycles. The summed E-state index contributed by atoms with van der Waals surface area (Å²) in [6, 6.07) is 8.94. The Labute approximate surface area is 110 Å². The molecule has 94 valence electrons. The Kier molecular flexibility index (Phi) is 3.51. The Hall–Kier alpha value is -0.530. The molecule has 0 spiro atoms. The predicted molar refractivity (Wildman–Crippen MR) is 74.6 cm³/mol. The fourth-order valence-corrected chi connectivity index (χ4v) is 3.92. The first-order valence-corrected chi connectivity index (χ1v) is 6.85. The van der Waals surface area contributed by atoms with E-state index in [9.17, 15) is 0 Å². The van der Waals surface area contributed by atoms with Crippen LogP contribution in [0.5, 0.6) is 0 Å². The van der Waals surface area contributed by atoms with Crippen LogP contribution in [-0.2, 0) is 0 Å². The normalized spacial score (nSPS) is 31.0. The Balaban J connectivity index is 2.24. The van der Waals surface area contributed by atoms with Gasteiger partial charge in [-0.15, -0.1) is 0 Å². The summed E-state index contributed by atoms with van der Waals surface area (Å²) in [5.74, 6) is 1.27. The quantitative estimate of drug-likeness (QED) is 0.854. The van der Waals surface area contributed by atoms with Crippen molar-refractivity contribution >= 4 is 11.6 Å². The second-order valence-electron chi connectivity index (χ2n) is 5.75. The van der Waals surface area contributed by atoms with Crippen LogP contribution in [0.15, 0.2) is 24.3 Å². The molecule has 0 heterocycles. The molecule has 1 saturated carbocycles. The van der Waals surface area contributed by atoms with Crippen molar-refractivity contribution in [3.63, 3.8) is 0 Å². The molecule has 2 rings (SSSR count). The van der Waals surface area contributed by atoms with Crippen molar-refractivity contribution in [2.24, 2.45) is 11.3 Å². The lowest BCUT2D eigenvalue weighted by molar-refractivity contribution is 0.00145. The van der Waals surface area contributed by atoms with Crippen LogP contribution < -0.4 is 5.32 Å². The molecule has 0 amide bonds. The monoisotopic (exact) mass is 251 g/mol. The van der Waals surface area contributed by atoms with Gasteiger partial charge in [0.1, 0.15) is 0 Å². The SMILES string of the molecule is CCNC1C(C)C(c2cccc(Cl)c2)C1(C)C. The van der Waals surface area contributed by atoms with Crippen LogP contribution in [0, 0.1) is 11.3 Å². The zero-order valence-electron chi connectivity index (χ0n) is 11.1. The molecule has 1 nitrogen and oxygen atoms in total. The fraction of sp³-hybridized carbons (Fsp3) is 0.600. The first-order chi connectivity index (χ1) is 7.98. The van der Waals surface area contributed by atoms with Crippen molar-refractivity contribution in [2.45, 2.75) is 39.7 Å².